The molecule has 146 valence electrons. The fourth-order valence-corrected chi connectivity index (χ4v) is 3.19. The van der Waals surface area contributed by atoms with Gasteiger partial charge in [-0.1, -0.05) is 58.0 Å². The summed E-state index contributed by atoms with van der Waals surface area (Å²) in [5, 5.41) is 0. The zero-order chi connectivity index (χ0) is 19.2. The summed E-state index contributed by atoms with van der Waals surface area (Å²) in [6.45, 7) is 15.6. The van der Waals surface area contributed by atoms with E-state index in [-0.39, 0.29) is 0 Å². The van der Waals surface area contributed by atoms with Crippen LogP contribution >= 0.6 is 0 Å². The molecule has 0 bridgehead atoms. The average Bonchev–Trinajstić information content (AvgIpc) is 2.69. The molecule has 1 aromatic rings. The van der Waals surface area contributed by atoms with Gasteiger partial charge in [0.25, 0.3) is 0 Å². The summed E-state index contributed by atoms with van der Waals surface area (Å²) >= 11 is 0. The first-order valence-electron chi connectivity index (χ1n) is 10.5. The van der Waals surface area contributed by atoms with E-state index in [1.165, 1.54) is 31.2 Å². The molecule has 2 rings (SSSR count). The molecule has 1 fully saturated rings. The number of rotatable bonds is 6. The minimum atomic E-state index is 0.466. The van der Waals surface area contributed by atoms with E-state index in [9.17, 15) is 0 Å². The molecule has 0 radical (unpaired) electrons. The van der Waals surface area contributed by atoms with E-state index in [2.05, 4.69) is 63.1 Å². The van der Waals surface area contributed by atoms with E-state index in [0.29, 0.717) is 18.2 Å². The lowest BCUT2D eigenvalue weighted by atomic mass is 9.83. The fraction of sp³-hybridized carbons (Fsp3) is 0.739. The van der Waals surface area contributed by atoms with E-state index in [1.807, 2.05) is 27.7 Å². The van der Waals surface area contributed by atoms with Gasteiger partial charge in [0.05, 0.1) is 12.7 Å². The van der Waals surface area contributed by atoms with Crippen molar-refractivity contribution in [3.63, 3.8) is 0 Å². The molecule has 2 heteroatoms. The number of benzene rings is 1. The Labute approximate surface area is 158 Å². The Morgan fingerprint density at radius 1 is 0.920 bits per heavy atom. The number of hydrogen-bond donors (Lipinski definition) is 0. The van der Waals surface area contributed by atoms with E-state index in [0.717, 1.165) is 12.5 Å². The molecule has 0 aromatic heterocycles. The molecular weight excluding hydrogens is 306 g/mol. The molecule has 0 aliphatic heterocycles. The molecule has 1 aliphatic carbocycles. The van der Waals surface area contributed by atoms with Gasteiger partial charge in [-0.2, -0.15) is 0 Å². The predicted molar refractivity (Wildman–Crippen MR) is 112 cm³/mol. The van der Waals surface area contributed by atoms with Gasteiger partial charge in [-0.3, -0.25) is 4.90 Å². The van der Waals surface area contributed by atoms with Crippen LogP contribution in [0.1, 0.15) is 85.6 Å². The summed E-state index contributed by atoms with van der Waals surface area (Å²) in [7, 11) is 2.19. The summed E-state index contributed by atoms with van der Waals surface area (Å²) in [5.74, 6) is 0.738. The highest BCUT2D eigenvalue weighted by Gasteiger charge is 2.23. The van der Waals surface area contributed by atoms with Crippen molar-refractivity contribution in [2.75, 3.05) is 13.7 Å². The first kappa shape index (κ1) is 24.1. The van der Waals surface area contributed by atoms with Crippen LogP contribution in [0.5, 0.6) is 0 Å². The van der Waals surface area contributed by atoms with Crippen molar-refractivity contribution in [3.8, 4) is 0 Å². The van der Waals surface area contributed by atoms with Crippen molar-refractivity contribution < 1.29 is 4.74 Å². The summed E-state index contributed by atoms with van der Waals surface area (Å²) in [4.78, 5) is 2.38. The van der Waals surface area contributed by atoms with E-state index < -0.39 is 0 Å². The normalized spacial score (nSPS) is 21.0. The second-order valence-corrected chi connectivity index (χ2v) is 6.83. The van der Waals surface area contributed by atoms with Crippen LogP contribution in [0.25, 0.3) is 0 Å². The maximum Gasteiger partial charge on any atom is 0.0622 e. The lowest BCUT2D eigenvalue weighted by Gasteiger charge is -2.32. The minimum Gasteiger partial charge on any atom is -0.377 e. The Bertz CT molecular complexity index is 396. The van der Waals surface area contributed by atoms with Crippen LogP contribution in [-0.4, -0.2) is 36.7 Å². The van der Waals surface area contributed by atoms with Gasteiger partial charge >= 0.3 is 0 Å². The van der Waals surface area contributed by atoms with Crippen LogP contribution in [-0.2, 0) is 4.74 Å². The fourth-order valence-electron chi connectivity index (χ4n) is 3.19. The van der Waals surface area contributed by atoms with Crippen molar-refractivity contribution in [1.29, 1.82) is 0 Å². The van der Waals surface area contributed by atoms with Crippen molar-refractivity contribution in [2.45, 2.75) is 98.3 Å². The Kier molecular flexibility index (Phi) is 13.8. The van der Waals surface area contributed by atoms with Crippen molar-refractivity contribution >= 4 is 0 Å². The van der Waals surface area contributed by atoms with Crippen molar-refractivity contribution in [2.24, 2.45) is 0 Å². The lowest BCUT2D eigenvalue weighted by Crippen LogP contribution is -2.39. The summed E-state index contributed by atoms with van der Waals surface area (Å²) in [6, 6.07) is 12.0. The Morgan fingerprint density at radius 3 is 1.92 bits per heavy atom. The molecule has 25 heavy (non-hydrogen) atoms. The van der Waals surface area contributed by atoms with Gasteiger partial charge in [0.2, 0.25) is 0 Å². The minimum absolute atomic E-state index is 0.466. The molecule has 0 saturated heterocycles. The molecular formula is C23H43NO. The van der Waals surface area contributed by atoms with Gasteiger partial charge in [-0.15, -0.1) is 0 Å². The highest BCUT2D eigenvalue weighted by molar-refractivity contribution is 5.19. The number of hydrogen-bond acceptors (Lipinski definition) is 2. The SMILES string of the molecule is CC.CC.CC(C)N(C)C(C)COC1CCC(c2ccccc2)CC1. The third-order valence-corrected chi connectivity index (χ3v) is 5.03. The first-order valence-corrected chi connectivity index (χ1v) is 10.5. The van der Waals surface area contributed by atoms with Gasteiger partial charge in [0.15, 0.2) is 0 Å². The zero-order valence-electron chi connectivity index (χ0n) is 18.1. The average molecular weight is 350 g/mol. The van der Waals surface area contributed by atoms with Gasteiger partial charge in [-0.25, -0.2) is 0 Å². The third-order valence-electron chi connectivity index (χ3n) is 5.03. The Hall–Kier alpha value is -0.860. The summed E-state index contributed by atoms with van der Waals surface area (Å²) in [5.41, 5.74) is 1.50. The smallest absolute Gasteiger partial charge is 0.0622 e. The van der Waals surface area contributed by atoms with Crippen LogP contribution in [0.2, 0.25) is 0 Å². The maximum atomic E-state index is 6.16. The monoisotopic (exact) mass is 349 g/mol. The van der Waals surface area contributed by atoms with E-state index >= 15 is 0 Å². The summed E-state index contributed by atoms with van der Waals surface area (Å²) < 4.78 is 6.16. The van der Waals surface area contributed by atoms with Crippen molar-refractivity contribution in [1.82, 2.24) is 4.90 Å². The van der Waals surface area contributed by atoms with Crippen molar-refractivity contribution in [3.05, 3.63) is 35.9 Å². The highest BCUT2D eigenvalue weighted by atomic mass is 16.5. The highest BCUT2D eigenvalue weighted by Crippen LogP contribution is 2.33. The first-order chi connectivity index (χ1) is 12.1. The lowest BCUT2D eigenvalue weighted by molar-refractivity contribution is -0.00754. The predicted octanol–water partition coefficient (Wildman–Crippen LogP) is 6.51. The van der Waals surface area contributed by atoms with E-state index in [1.54, 1.807) is 0 Å². The van der Waals surface area contributed by atoms with Crippen LogP contribution < -0.4 is 0 Å². The third kappa shape index (κ3) is 8.87. The number of likely N-dealkylation sites (N-methyl/N-ethyl adjacent to an activating group) is 1. The van der Waals surface area contributed by atoms with Crippen LogP contribution in [0.4, 0.5) is 0 Å². The van der Waals surface area contributed by atoms with Gasteiger partial charge in [0.1, 0.15) is 0 Å². The van der Waals surface area contributed by atoms with Crippen LogP contribution in [0.15, 0.2) is 30.3 Å². The Morgan fingerprint density at radius 2 is 1.44 bits per heavy atom. The van der Waals surface area contributed by atoms with Crippen LogP contribution in [0.3, 0.4) is 0 Å². The van der Waals surface area contributed by atoms with Crippen LogP contribution in [0, 0.1) is 0 Å². The zero-order valence-corrected chi connectivity index (χ0v) is 18.1. The Balaban J connectivity index is 0.00000134. The molecule has 1 aliphatic rings. The molecule has 0 N–H and O–H groups in total. The van der Waals surface area contributed by atoms with Gasteiger partial charge < -0.3 is 4.74 Å². The maximum absolute atomic E-state index is 6.16. The topological polar surface area (TPSA) is 12.5 Å². The molecule has 0 spiro atoms. The second-order valence-electron chi connectivity index (χ2n) is 6.83. The molecule has 1 saturated carbocycles. The molecule has 0 heterocycles. The molecule has 1 atom stereocenters. The summed E-state index contributed by atoms with van der Waals surface area (Å²) in [6.07, 6.45) is 5.41. The molecule has 0 amide bonds. The molecule has 2 nitrogen and oxygen atoms in total. The standard InChI is InChI=1S/C19H31NO.2C2H6/c1-15(2)20(4)16(3)14-21-19-12-10-18(11-13-19)17-8-6-5-7-9-17;2*1-2/h5-9,15-16,18-19H,10-14H2,1-4H3;2*1-2H3. The van der Waals surface area contributed by atoms with E-state index in [4.69, 9.17) is 4.74 Å². The number of ether oxygens (including phenoxy) is 1. The largest absolute Gasteiger partial charge is 0.377 e. The number of nitrogens with zero attached hydrogens (tertiary/aromatic N) is 1. The quantitative estimate of drug-likeness (QED) is 0.580. The second kappa shape index (κ2) is 14.3. The molecule has 1 aromatic carbocycles. The van der Waals surface area contributed by atoms with Gasteiger partial charge in [0, 0.05) is 12.1 Å². The van der Waals surface area contributed by atoms with Gasteiger partial charge in [-0.05, 0) is 65.0 Å². The molecule has 1 unspecified atom stereocenters.